The first-order valence-corrected chi connectivity index (χ1v) is 6.56. The zero-order valence-electron chi connectivity index (χ0n) is 12.0. The van der Waals surface area contributed by atoms with E-state index in [0.717, 1.165) is 16.8 Å². The van der Waals surface area contributed by atoms with E-state index in [0.29, 0.717) is 12.1 Å². The number of benzene rings is 2. The molecule has 4 nitrogen and oxygen atoms in total. The van der Waals surface area contributed by atoms with Crippen molar-refractivity contribution < 1.29 is 9.60 Å². The summed E-state index contributed by atoms with van der Waals surface area (Å²) in [5.41, 5.74) is 9.29. The molecule has 0 aliphatic carbocycles. The summed E-state index contributed by atoms with van der Waals surface area (Å²) < 4.78 is 13.0. The number of aryl methyl sites for hydroxylation is 1. The van der Waals surface area contributed by atoms with Crippen LogP contribution in [0.1, 0.15) is 16.7 Å². The average Bonchev–Trinajstić information content (AvgIpc) is 2.48. The Morgan fingerprint density at radius 1 is 1.24 bits per heavy atom. The average molecular weight is 287 g/mol. The summed E-state index contributed by atoms with van der Waals surface area (Å²) in [5, 5.41) is 12.0. The standard InChI is InChI=1S/C16H18FN3O/c1-11-4-3-5-14(16(18)19-21)15(11)20(2)10-12-6-8-13(17)9-7-12/h3-9,21H,10H2,1-2H3,(H2,18,19). The lowest BCUT2D eigenvalue weighted by Gasteiger charge is -2.24. The molecule has 0 spiro atoms. The van der Waals surface area contributed by atoms with Crippen LogP contribution in [0.4, 0.5) is 10.1 Å². The Hall–Kier alpha value is -2.56. The van der Waals surface area contributed by atoms with Gasteiger partial charge in [0.25, 0.3) is 0 Å². The summed E-state index contributed by atoms with van der Waals surface area (Å²) in [5.74, 6) is -0.186. The van der Waals surface area contributed by atoms with Crippen LogP contribution in [0, 0.1) is 12.7 Å². The summed E-state index contributed by atoms with van der Waals surface area (Å²) in [6.07, 6.45) is 0. The third-order valence-corrected chi connectivity index (χ3v) is 3.34. The lowest BCUT2D eigenvalue weighted by atomic mass is 10.1. The van der Waals surface area contributed by atoms with Gasteiger partial charge in [-0.25, -0.2) is 4.39 Å². The zero-order chi connectivity index (χ0) is 15.4. The van der Waals surface area contributed by atoms with Crippen LogP contribution in [0.2, 0.25) is 0 Å². The number of hydrogen-bond acceptors (Lipinski definition) is 3. The Kier molecular flexibility index (Phi) is 4.42. The maximum absolute atomic E-state index is 13.0. The number of anilines is 1. The van der Waals surface area contributed by atoms with Gasteiger partial charge in [0.05, 0.1) is 5.69 Å². The number of rotatable bonds is 4. The molecule has 0 heterocycles. The van der Waals surface area contributed by atoms with Crippen LogP contribution >= 0.6 is 0 Å². The number of amidine groups is 1. The first kappa shape index (κ1) is 14.8. The topological polar surface area (TPSA) is 61.9 Å². The van der Waals surface area contributed by atoms with Crippen LogP contribution in [-0.2, 0) is 6.54 Å². The van der Waals surface area contributed by atoms with Crippen molar-refractivity contribution in [3.63, 3.8) is 0 Å². The highest BCUT2D eigenvalue weighted by molar-refractivity contribution is 6.02. The number of nitrogens with two attached hydrogens (primary N) is 1. The van der Waals surface area contributed by atoms with E-state index in [9.17, 15) is 4.39 Å². The monoisotopic (exact) mass is 287 g/mol. The first-order valence-electron chi connectivity index (χ1n) is 6.56. The number of para-hydroxylation sites is 1. The van der Waals surface area contributed by atoms with Crippen molar-refractivity contribution >= 4 is 11.5 Å². The van der Waals surface area contributed by atoms with Gasteiger partial charge in [0.1, 0.15) is 5.82 Å². The molecule has 21 heavy (non-hydrogen) atoms. The van der Waals surface area contributed by atoms with E-state index >= 15 is 0 Å². The van der Waals surface area contributed by atoms with Crippen molar-refractivity contribution in [1.82, 2.24) is 0 Å². The molecule has 2 aromatic carbocycles. The maximum Gasteiger partial charge on any atom is 0.172 e. The lowest BCUT2D eigenvalue weighted by Crippen LogP contribution is -2.23. The smallest absolute Gasteiger partial charge is 0.172 e. The van der Waals surface area contributed by atoms with Gasteiger partial charge >= 0.3 is 0 Å². The van der Waals surface area contributed by atoms with Crippen molar-refractivity contribution in [3.05, 3.63) is 65.0 Å². The minimum absolute atomic E-state index is 0.0691. The molecule has 2 aromatic rings. The second-order valence-corrected chi connectivity index (χ2v) is 4.94. The van der Waals surface area contributed by atoms with Crippen LogP contribution in [-0.4, -0.2) is 18.1 Å². The minimum atomic E-state index is -0.255. The summed E-state index contributed by atoms with van der Waals surface area (Å²) >= 11 is 0. The van der Waals surface area contributed by atoms with E-state index in [2.05, 4.69) is 5.16 Å². The SMILES string of the molecule is Cc1cccc(/C(N)=N/O)c1N(C)Cc1ccc(F)cc1. The summed E-state index contributed by atoms with van der Waals surface area (Å²) in [6, 6.07) is 12.0. The fourth-order valence-corrected chi connectivity index (χ4v) is 2.37. The van der Waals surface area contributed by atoms with E-state index in [1.165, 1.54) is 12.1 Å². The molecule has 0 amide bonds. The molecule has 0 aliphatic heterocycles. The van der Waals surface area contributed by atoms with Gasteiger partial charge in [-0.05, 0) is 36.2 Å². The normalized spacial score (nSPS) is 11.5. The van der Waals surface area contributed by atoms with Crippen molar-refractivity contribution in [3.8, 4) is 0 Å². The van der Waals surface area contributed by atoms with Gasteiger partial charge in [0.2, 0.25) is 0 Å². The Balaban J connectivity index is 2.34. The molecule has 3 N–H and O–H groups in total. The summed E-state index contributed by atoms with van der Waals surface area (Å²) in [6.45, 7) is 2.56. The quantitative estimate of drug-likeness (QED) is 0.393. The first-order chi connectivity index (χ1) is 10.0. The number of nitrogens with zero attached hydrogens (tertiary/aromatic N) is 2. The number of hydrogen-bond donors (Lipinski definition) is 2. The Bertz CT molecular complexity index is 653. The molecule has 110 valence electrons. The molecule has 0 saturated heterocycles. The lowest BCUT2D eigenvalue weighted by molar-refractivity contribution is 0.318. The molecule has 0 aromatic heterocycles. The second-order valence-electron chi connectivity index (χ2n) is 4.94. The molecule has 0 unspecified atom stereocenters. The highest BCUT2D eigenvalue weighted by Gasteiger charge is 2.14. The van der Waals surface area contributed by atoms with Gasteiger partial charge < -0.3 is 15.8 Å². The molecule has 0 bridgehead atoms. The fraction of sp³-hybridized carbons (Fsp3) is 0.188. The van der Waals surface area contributed by atoms with Gasteiger partial charge in [-0.15, -0.1) is 0 Å². The van der Waals surface area contributed by atoms with Crippen molar-refractivity contribution in [2.24, 2.45) is 10.9 Å². The number of oxime groups is 1. The van der Waals surface area contributed by atoms with E-state index in [1.54, 1.807) is 18.2 Å². The summed E-state index contributed by atoms with van der Waals surface area (Å²) in [7, 11) is 1.92. The molecular formula is C16H18FN3O. The maximum atomic E-state index is 13.0. The van der Waals surface area contributed by atoms with Gasteiger partial charge in [-0.2, -0.15) is 0 Å². The van der Waals surface area contributed by atoms with Gasteiger partial charge in [-0.1, -0.05) is 29.4 Å². The highest BCUT2D eigenvalue weighted by Crippen LogP contribution is 2.25. The van der Waals surface area contributed by atoms with E-state index < -0.39 is 0 Å². The second kappa shape index (κ2) is 6.26. The zero-order valence-corrected chi connectivity index (χ0v) is 12.0. The van der Waals surface area contributed by atoms with Crippen LogP contribution in [0.3, 0.4) is 0 Å². The largest absolute Gasteiger partial charge is 0.409 e. The molecule has 2 rings (SSSR count). The van der Waals surface area contributed by atoms with Crippen molar-refractivity contribution in [2.75, 3.05) is 11.9 Å². The van der Waals surface area contributed by atoms with Crippen molar-refractivity contribution in [1.29, 1.82) is 0 Å². The van der Waals surface area contributed by atoms with Crippen LogP contribution < -0.4 is 10.6 Å². The van der Waals surface area contributed by atoms with Gasteiger partial charge in [0, 0.05) is 19.2 Å². The third-order valence-electron chi connectivity index (χ3n) is 3.34. The van der Waals surface area contributed by atoms with E-state index in [4.69, 9.17) is 10.9 Å². The summed E-state index contributed by atoms with van der Waals surface area (Å²) in [4.78, 5) is 2.00. The van der Waals surface area contributed by atoms with Gasteiger partial charge in [0.15, 0.2) is 5.84 Å². The highest BCUT2D eigenvalue weighted by atomic mass is 19.1. The molecule has 0 saturated carbocycles. The third kappa shape index (κ3) is 3.31. The van der Waals surface area contributed by atoms with Crippen LogP contribution in [0.25, 0.3) is 0 Å². The predicted octanol–water partition coefficient (Wildman–Crippen LogP) is 2.87. The Morgan fingerprint density at radius 2 is 1.90 bits per heavy atom. The Morgan fingerprint density at radius 3 is 2.52 bits per heavy atom. The molecule has 0 atom stereocenters. The van der Waals surface area contributed by atoms with Crippen LogP contribution in [0.15, 0.2) is 47.6 Å². The van der Waals surface area contributed by atoms with E-state index in [1.807, 2.05) is 31.0 Å². The van der Waals surface area contributed by atoms with Crippen molar-refractivity contribution in [2.45, 2.75) is 13.5 Å². The Labute approximate surface area is 123 Å². The fourth-order valence-electron chi connectivity index (χ4n) is 2.37. The van der Waals surface area contributed by atoms with Gasteiger partial charge in [-0.3, -0.25) is 0 Å². The molecule has 0 aliphatic rings. The minimum Gasteiger partial charge on any atom is -0.409 e. The molecule has 0 radical (unpaired) electrons. The molecule has 0 fully saturated rings. The van der Waals surface area contributed by atoms with E-state index in [-0.39, 0.29) is 11.7 Å². The van der Waals surface area contributed by atoms with Crippen LogP contribution in [0.5, 0.6) is 0 Å². The molecular weight excluding hydrogens is 269 g/mol. The molecule has 5 heteroatoms. The predicted molar refractivity (Wildman–Crippen MR) is 82.2 cm³/mol. The number of halogens is 1.